The van der Waals surface area contributed by atoms with Crippen molar-refractivity contribution in [1.29, 1.82) is 0 Å². The third-order valence-corrected chi connectivity index (χ3v) is 1.93. The zero-order chi connectivity index (χ0) is 9.84. The number of amides is 3. The summed E-state index contributed by atoms with van der Waals surface area (Å²) in [5.74, 6) is -0.179. The lowest BCUT2D eigenvalue weighted by Gasteiger charge is -2.38. The second-order valence-corrected chi connectivity index (χ2v) is 2.93. The van der Waals surface area contributed by atoms with Crippen molar-refractivity contribution in [2.75, 3.05) is 26.7 Å². The molecule has 4 N–H and O–H groups in total. The molecule has 6 heteroatoms. The zero-order valence-electron chi connectivity index (χ0n) is 7.54. The first-order valence-electron chi connectivity index (χ1n) is 4.13. The number of carbonyl (C=O) groups is 2. The van der Waals surface area contributed by atoms with Gasteiger partial charge in [0.25, 0.3) is 0 Å². The minimum Gasteiger partial charge on any atom is -0.349 e. The minimum absolute atomic E-state index is 0.00350. The van der Waals surface area contributed by atoms with Gasteiger partial charge in [-0.25, -0.2) is 4.79 Å². The lowest BCUT2D eigenvalue weighted by Crippen LogP contribution is -2.63. The van der Waals surface area contributed by atoms with Crippen molar-refractivity contribution in [2.45, 2.75) is 6.04 Å². The zero-order valence-corrected chi connectivity index (χ0v) is 7.54. The molecule has 0 atom stereocenters. The first-order valence-corrected chi connectivity index (χ1v) is 4.13. The molecule has 1 saturated heterocycles. The van der Waals surface area contributed by atoms with Gasteiger partial charge in [-0.2, -0.15) is 0 Å². The van der Waals surface area contributed by atoms with Crippen molar-refractivity contribution >= 4 is 11.9 Å². The Kier molecular flexibility index (Phi) is 3.07. The van der Waals surface area contributed by atoms with Crippen LogP contribution in [-0.4, -0.2) is 49.6 Å². The standard InChI is InChI=1S/C7H14N4O2/c1-9-7(13)11-3-5(4-11)10-6(12)2-8/h5H,2-4,8H2,1H3,(H,9,13)(H,10,12). The van der Waals surface area contributed by atoms with Gasteiger partial charge in [-0.1, -0.05) is 0 Å². The molecule has 1 fully saturated rings. The van der Waals surface area contributed by atoms with Gasteiger partial charge in [0.1, 0.15) is 0 Å². The average Bonchev–Trinajstić information content (AvgIpc) is 2.08. The smallest absolute Gasteiger partial charge is 0.317 e. The second kappa shape index (κ2) is 4.08. The van der Waals surface area contributed by atoms with Gasteiger partial charge in [0.2, 0.25) is 5.91 Å². The van der Waals surface area contributed by atoms with E-state index in [0.717, 1.165) is 0 Å². The monoisotopic (exact) mass is 186 g/mol. The summed E-state index contributed by atoms with van der Waals surface area (Å²) < 4.78 is 0. The Morgan fingerprint density at radius 1 is 1.54 bits per heavy atom. The van der Waals surface area contributed by atoms with E-state index >= 15 is 0 Å². The Bertz CT molecular complexity index is 213. The van der Waals surface area contributed by atoms with Gasteiger partial charge < -0.3 is 21.3 Å². The van der Waals surface area contributed by atoms with Crippen LogP contribution < -0.4 is 16.4 Å². The first-order chi connectivity index (χ1) is 6.17. The van der Waals surface area contributed by atoms with Gasteiger partial charge in [-0.15, -0.1) is 0 Å². The normalized spacial score (nSPS) is 16.3. The molecule has 0 aromatic carbocycles. The van der Waals surface area contributed by atoms with Crippen LogP contribution in [0.3, 0.4) is 0 Å². The summed E-state index contributed by atoms with van der Waals surface area (Å²) in [4.78, 5) is 23.4. The maximum absolute atomic E-state index is 11.0. The average molecular weight is 186 g/mol. The maximum Gasteiger partial charge on any atom is 0.317 e. The fourth-order valence-corrected chi connectivity index (χ4v) is 1.18. The van der Waals surface area contributed by atoms with Gasteiger partial charge in [0.15, 0.2) is 0 Å². The molecule has 0 saturated carbocycles. The number of nitrogens with two attached hydrogens (primary N) is 1. The lowest BCUT2D eigenvalue weighted by atomic mass is 10.1. The van der Waals surface area contributed by atoms with Crippen LogP contribution in [0.5, 0.6) is 0 Å². The highest BCUT2D eigenvalue weighted by Gasteiger charge is 2.30. The van der Waals surface area contributed by atoms with E-state index in [1.54, 1.807) is 11.9 Å². The second-order valence-electron chi connectivity index (χ2n) is 2.93. The van der Waals surface area contributed by atoms with Crippen molar-refractivity contribution < 1.29 is 9.59 Å². The highest BCUT2D eigenvalue weighted by atomic mass is 16.2. The summed E-state index contributed by atoms with van der Waals surface area (Å²) in [6.07, 6.45) is 0. The van der Waals surface area contributed by atoms with E-state index in [1.165, 1.54) is 0 Å². The number of carbonyl (C=O) groups excluding carboxylic acids is 2. The SMILES string of the molecule is CNC(=O)N1CC(NC(=O)CN)C1. The maximum atomic E-state index is 11.0. The summed E-state index contributed by atoms with van der Waals surface area (Å²) >= 11 is 0. The Morgan fingerprint density at radius 2 is 2.15 bits per heavy atom. The van der Waals surface area contributed by atoms with Crippen LogP contribution in [0.2, 0.25) is 0 Å². The molecule has 0 aliphatic carbocycles. The molecular weight excluding hydrogens is 172 g/mol. The topological polar surface area (TPSA) is 87.5 Å². The molecule has 0 radical (unpaired) electrons. The van der Waals surface area contributed by atoms with E-state index in [1.807, 2.05) is 0 Å². The van der Waals surface area contributed by atoms with Crippen LogP contribution in [0, 0.1) is 0 Å². The molecular formula is C7H14N4O2. The lowest BCUT2D eigenvalue weighted by molar-refractivity contribution is -0.121. The fraction of sp³-hybridized carbons (Fsp3) is 0.714. The summed E-state index contributed by atoms with van der Waals surface area (Å²) in [6, 6.07) is -0.0494. The van der Waals surface area contributed by atoms with E-state index in [0.29, 0.717) is 13.1 Å². The van der Waals surface area contributed by atoms with E-state index < -0.39 is 0 Å². The molecule has 6 nitrogen and oxygen atoms in total. The summed E-state index contributed by atoms with van der Waals surface area (Å²) in [7, 11) is 1.58. The Hall–Kier alpha value is -1.30. The van der Waals surface area contributed by atoms with Gasteiger partial charge >= 0.3 is 6.03 Å². The van der Waals surface area contributed by atoms with E-state index in [9.17, 15) is 9.59 Å². The molecule has 1 rings (SSSR count). The van der Waals surface area contributed by atoms with Gasteiger partial charge in [0.05, 0.1) is 12.6 Å². The molecule has 1 aliphatic heterocycles. The number of rotatable bonds is 2. The van der Waals surface area contributed by atoms with Crippen LogP contribution in [0.15, 0.2) is 0 Å². The first kappa shape index (κ1) is 9.79. The van der Waals surface area contributed by atoms with E-state index in [2.05, 4.69) is 10.6 Å². The molecule has 3 amide bonds. The number of nitrogens with zero attached hydrogens (tertiary/aromatic N) is 1. The Morgan fingerprint density at radius 3 is 2.62 bits per heavy atom. The molecule has 0 bridgehead atoms. The van der Waals surface area contributed by atoms with Crippen LogP contribution in [0.1, 0.15) is 0 Å². The molecule has 0 aromatic heterocycles. The van der Waals surface area contributed by atoms with Gasteiger partial charge in [-0.3, -0.25) is 4.79 Å². The van der Waals surface area contributed by atoms with Crippen molar-refractivity contribution in [3.05, 3.63) is 0 Å². The summed E-state index contributed by atoms with van der Waals surface area (Å²) in [6.45, 7) is 1.12. The van der Waals surface area contributed by atoms with E-state index in [4.69, 9.17) is 5.73 Å². The summed E-state index contributed by atoms with van der Waals surface area (Å²) in [5, 5.41) is 5.19. The van der Waals surface area contributed by atoms with Crippen LogP contribution in [-0.2, 0) is 4.79 Å². The number of likely N-dealkylation sites (tertiary alicyclic amines) is 1. The Labute approximate surface area is 76.4 Å². The number of urea groups is 1. The number of nitrogens with one attached hydrogen (secondary N) is 2. The Balaban J connectivity index is 2.18. The molecule has 0 spiro atoms. The third-order valence-electron chi connectivity index (χ3n) is 1.93. The van der Waals surface area contributed by atoms with Crippen LogP contribution >= 0.6 is 0 Å². The molecule has 0 unspecified atom stereocenters. The third kappa shape index (κ3) is 2.32. The molecule has 74 valence electrons. The number of hydrogen-bond donors (Lipinski definition) is 3. The molecule has 1 aliphatic rings. The largest absolute Gasteiger partial charge is 0.349 e. The predicted molar refractivity (Wildman–Crippen MR) is 47.0 cm³/mol. The highest BCUT2D eigenvalue weighted by Crippen LogP contribution is 2.06. The van der Waals surface area contributed by atoms with E-state index in [-0.39, 0.29) is 24.5 Å². The minimum atomic E-state index is -0.179. The number of hydrogen-bond acceptors (Lipinski definition) is 3. The fourth-order valence-electron chi connectivity index (χ4n) is 1.18. The highest BCUT2D eigenvalue weighted by molar-refractivity contribution is 5.79. The molecule has 0 aromatic rings. The predicted octanol–water partition coefficient (Wildman–Crippen LogP) is -1.92. The van der Waals surface area contributed by atoms with Crippen LogP contribution in [0.4, 0.5) is 4.79 Å². The van der Waals surface area contributed by atoms with Crippen LogP contribution in [0.25, 0.3) is 0 Å². The van der Waals surface area contributed by atoms with Gasteiger partial charge in [-0.05, 0) is 0 Å². The van der Waals surface area contributed by atoms with Gasteiger partial charge in [0, 0.05) is 20.1 Å². The van der Waals surface area contributed by atoms with Crippen molar-refractivity contribution in [1.82, 2.24) is 15.5 Å². The molecule has 1 heterocycles. The quantitative estimate of drug-likeness (QED) is 0.470. The van der Waals surface area contributed by atoms with Crippen molar-refractivity contribution in [2.24, 2.45) is 5.73 Å². The summed E-state index contributed by atoms with van der Waals surface area (Å²) in [5.41, 5.74) is 5.11. The van der Waals surface area contributed by atoms with Crippen molar-refractivity contribution in [3.8, 4) is 0 Å². The molecule has 13 heavy (non-hydrogen) atoms. The van der Waals surface area contributed by atoms with Crippen molar-refractivity contribution in [3.63, 3.8) is 0 Å².